The number of nitrogens with two attached hydrogens (primary N) is 1. The molecule has 0 saturated heterocycles. The van der Waals surface area contributed by atoms with Gasteiger partial charge in [0.05, 0.1) is 0 Å². The molecule has 0 amide bonds. The molecule has 44 valence electrons. The Balaban J connectivity index is -0.000000180. The van der Waals surface area contributed by atoms with Crippen LogP contribution in [0.2, 0.25) is 0 Å². The van der Waals surface area contributed by atoms with Crippen LogP contribution >= 0.6 is 8.25 Å². The summed E-state index contributed by atoms with van der Waals surface area (Å²) in [5, 5.41) is 0. The van der Waals surface area contributed by atoms with Crippen molar-refractivity contribution in [2.24, 2.45) is 5.90 Å². The minimum absolute atomic E-state index is 0. The van der Waals surface area contributed by atoms with Gasteiger partial charge in [0, 0.05) is 4.57 Å². The van der Waals surface area contributed by atoms with E-state index < -0.39 is 8.25 Å². The van der Waals surface area contributed by atoms with Crippen LogP contribution < -0.4 is 35.5 Å². The van der Waals surface area contributed by atoms with E-state index in [9.17, 15) is 4.57 Å². The van der Waals surface area contributed by atoms with Crippen molar-refractivity contribution in [3.63, 3.8) is 0 Å². The summed E-state index contributed by atoms with van der Waals surface area (Å²) in [7, 11) is -2.05. The van der Waals surface area contributed by atoms with E-state index in [1.54, 1.807) is 6.92 Å². The van der Waals surface area contributed by atoms with Crippen molar-refractivity contribution in [2.75, 3.05) is 6.61 Å². The van der Waals surface area contributed by atoms with Gasteiger partial charge in [0.1, 0.15) is 6.61 Å². The number of hydrogen-bond acceptors (Lipinski definition) is 4. The first-order valence-corrected chi connectivity index (χ1v) is 2.87. The van der Waals surface area contributed by atoms with E-state index in [2.05, 4.69) is 15.0 Å². The van der Waals surface area contributed by atoms with E-state index in [1.165, 1.54) is 0 Å². The van der Waals surface area contributed by atoms with E-state index in [4.69, 9.17) is 0 Å². The molecular formula is C2H8NNaO3P+. The van der Waals surface area contributed by atoms with Crippen LogP contribution in [0, 0.1) is 0 Å². The largest absolute Gasteiger partial charge is 1.00 e. The summed E-state index contributed by atoms with van der Waals surface area (Å²) in [6.45, 7) is 2.05. The molecule has 0 spiro atoms. The second kappa shape index (κ2) is 7.98. The molecule has 0 saturated carbocycles. The molecular weight excluding hydrogens is 140 g/mol. The fourth-order valence-corrected chi connectivity index (χ4v) is 0.408. The monoisotopic (exact) mass is 148 g/mol. The molecule has 6 heteroatoms. The topological polar surface area (TPSA) is 61.5 Å². The zero-order valence-electron chi connectivity index (χ0n) is 5.96. The van der Waals surface area contributed by atoms with Crippen LogP contribution in [0.15, 0.2) is 0 Å². The smallest absolute Gasteiger partial charge is 1.00 e. The molecule has 0 aliphatic rings. The maximum Gasteiger partial charge on any atom is 1.00 e. The second-order valence-electron chi connectivity index (χ2n) is 0.747. The van der Waals surface area contributed by atoms with Gasteiger partial charge in [0.25, 0.3) is 0 Å². The first-order chi connectivity index (χ1) is 3.31. The molecule has 0 aromatic heterocycles. The molecule has 0 aromatic carbocycles. The van der Waals surface area contributed by atoms with Gasteiger partial charge < -0.3 is 1.43 Å². The minimum Gasteiger partial charge on any atom is -1.00 e. The van der Waals surface area contributed by atoms with Crippen molar-refractivity contribution in [1.29, 1.82) is 0 Å². The summed E-state index contributed by atoms with van der Waals surface area (Å²) in [5.41, 5.74) is 0. The average molecular weight is 148 g/mol. The van der Waals surface area contributed by atoms with Gasteiger partial charge in [0.15, 0.2) is 0 Å². The Kier molecular flexibility index (Phi) is 11.7. The Bertz CT molecular complexity index is 74.8. The third-order valence-electron chi connectivity index (χ3n) is 0.321. The molecule has 0 bridgehead atoms. The second-order valence-corrected chi connectivity index (χ2v) is 1.66. The molecule has 2 N–H and O–H groups in total. The van der Waals surface area contributed by atoms with Gasteiger partial charge in [-0.1, -0.05) is 0 Å². The fraction of sp³-hybridized carbons (Fsp3) is 1.00. The molecule has 0 aromatic rings. The SMILES string of the molecule is CCO[P+](=O)ON.[H-].[Na+]. The van der Waals surface area contributed by atoms with Crippen LogP contribution in [0.1, 0.15) is 8.35 Å². The maximum absolute atomic E-state index is 9.99. The van der Waals surface area contributed by atoms with Crippen molar-refractivity contribution >= 4 is 8.25 Å². The average Bonchev–Trinajstić information content (AvgIpc) is 1.68. The maximum atomic E-state index is 9.99. The molecule has 1 atom stereocenters. The van der Waals surface area contributed by atoms with E-state index in [0.717, 1.165) is 0 Å². The van der Waals surface area contributed by atoms with Crippen molar-refractivity contribution < 1.29 is 44.7 Å². The predicted molar refractivity (Wildman–Crippen MR) is 25.6 cm³/mol. The summed E-state index contributed by atoms with van der Waals surface area (Å²) in [6, 6.07) is 0. The van der Waals surface area contributed by atoms with Crippen LogP contribution in [0.25, 0.3) is 0 Å². The van der Waals surface area contributed by atoms with Gasteiger partial charge in [-0.25, -0.2) is 0 Å². The molecule has 0 aliphatic carbocycles. The van der Waals surface area contributed by atoms with Crippen molar-refractivity contribution in [3.05, 3.63) is 0 Å². The van der Waals surface area contributed by atoms with Crippen LogP contribution in [-0.2, 0) is 13.7 Å². The van der Waals surface area contributed by atoms with Crippen LogP contribution in [0.3, 0.4) is 0 Å². The molecule has 8 heavy (non-hydrogen) atoms. The minimum atomic E-state index is -2.05. The van der Waals surface area contributed by atoms with Gasteiger partial charge >= 0.3 is 37.8 Å². The predicted octanol–water partition coefficient (Wildman–Crippen LogP) is -2.31. The third kappa shape index (κ3) is 6.98. The quantitative estimate of drug-likeness (QED) is 0.277. The van der Waals surface area contributed by atoms with Crippen LogP contribution in [0.4, 0.5) is 0 Å². The molecule has 0 rings (SSSR count). The zero-order chi connectivity index (χ0) is 5.70. The summed E-state index contributed by atoms with van der Waals surface area (Å²) in [5.74, 6) is 4.45. The number of rotatable bonds is 3. The van der Waals surface area contributed by atoms with Gasteiger partial charge in [-0.2, -0.15) is 5.90 Å². The first kappa shape index (κ1) is 11.7. The Hall–Kier alpha value is 0.980. The van der Waals surface area contributed by atoms with Crippen molar-refractivity contribution in [1.82, 2.24) is 0 Å². The summed E-state index contributed by atoms with van der Waals surface area (Å²) in [6.07, 6.45) is 0. The molecule has 1 unspecified atom stereocenters. The van der Waals surface area contributed by atoms with Crippen LogP contribution in [-0.4, -0.2) is 6.61 Å². The number of hydrogen-bond donors (Lipinski definition) is 1. The Labute approximate surface area is 72.4 Å². The van der Waals surface area contributed by atoms with Gasteiger partial charge in [-0.05, 0) is 11.5 Å². The van der Waals surface area contributed by atoms with Crippen LogP contribution in [0.5, 0.6) is 0 Å². The normalized spacial score (nSPS) is 10.0. The van der Waals surface area contributed by atoms with E-state index >= 15 is 0 Å². The first-order valence-electron chi connectivity index (χ1n) is 1.78. The standard InChI is InChI=1S/C2H7NO3P.Na.H/c1-2-5-7(4)6-3;;/h2-3H2,1H3;;/q2*+1;-1. The van der Waals surface area contributed by atoms with Gasteiger partial charge in [0.2, 0.25) is 0 Å². The van der Waals surface area contributed by atoms with E-state index in [0.29, 0.717) is 6.61 Å². The zero-order valence-corrected chi connectivity index (χ0v) is 7.85. The molecule has 0 heterocycles. The molecule has 4 nitrogen and oxygen atoms in total. The summed E-state index contributed by atoms with van der Waals surface area (Å²) < 4.78 is 18.1. The summed E-state index contributed by atoms with van der Waals surface area (Å²) >= 11 is 0. The molecule has 0 radical (unpaired) electrons. The Morgan fingerprint density at radius 2 is 2.38 bits per heavy atom. The van der Waals surface area contributed by atoms with Gasteiger partial charge in [-0.15, -0.1) is 4.52 Å². The Morgan fingerprint density at radius 3 is 2.50 bits per heavy atom. The van der Waals surface area contributed by atoms with Gasteiger partial charge in [-0.3, -0.25) is 0 Å². The third-order valence-corrected chi connectivity index (χ3v) is 0.962. The summed E-state index contributed by atoms with van der Waals surface area (Å²) in [4.78, 5) is 0. The molecule has 0 aliphatic heterocycles. The van der Waals surface area contributed by atoms with E-state index in [1.807, 2.05) is 0 Å². The van der Waals surface area contributed by atoms with E-state index in [-0.39, 0.29) is 31.0 Å². The Morgan fingerprint density at radius 1 is 1.88 bits per heavy atom. The molecule has 0 fully saturated rings. The fourth-order valence-electron chi connectivity index (χ4n) is 0.136. The van der Waals surface area contributed by atoms with Crippen molar-refractivity contribution in [3.8, 4) is 0 Å². The van der Waals surface area contributed by atoms with Crippen molar-refractivity contribution in [2.45, 2.75) is 6.92 Å².